The molecule has 9 heteroatoms. The summed E-state index contributed by atoms with van der Waals surface area (Å²) >= 11 is 6.22. The van der Waals surface area contributed by atoms with Crippen LogP contribution in [0.15, 0.2) is 61.3 Å². The summed E-state index contributed by atoms with van der Waals surface area (Å²) in [6, 6.07) is 11.1. The highest BCUT2D eigenvalue weighted by atomic mass is 35.5. The maximum atomic E-state index is 13.4. The average molecular weight is 414 g/mol. The van der Waals surface area contributed by atoms with Gasteiger partial charge in [-0.15, -0.1) is 0 Å². The van der Waals surface area contributed by atoms with Crippen LogP contribution in [0, 0.1) is 5.82 Å². The molecule has 0 bridgehead atoms. The molecule has 1 amide bonds. The second kappa shape index (κ2) is 9.03. The fourth-order valence-electron chi connectivity index (χ4n) is 2.42. The van der Waals surface area contributed by atoms with Gasteiger partial charge in [-0.2, -0.15) is 4.98 Å². The molecule has 0 spiro atoms. The van der Waals surface area contributed by atoms with Gasteiger partial charge in [0, 0.05) is 6.07 Å². The van der Waals surface area contributed by atoms with Crippen molar-refractivity contribution in [3.63, 3.8) is 0 Å². The molecule has 3 rings (SSSR count). The van der Waals surface area contributed by atoms with E-state index in [9.17, 15) is 9.18 Å². The van der Waals surface area contributed by atoms with Crippen LogP contribution in [-0.2, 0) is 4.79 Å². The lowest BCUT2D eigenvalue weighted by atomic mass is 10.2. The topological polar surface area (TPSA) is 88.2 Å². The number of aromatic nitrogens is 2. The van der Waals surface area contributed by atoms with Gasteiger partial charge in [-0.1, -0.05) is 30.3 Å². The number of nitrogens with zero attached hydrogens (tertiary/aromatic N) is 2. The molecule has 3 N–H and O–H groups in total. The summed E-state index contributed by atoms with van der Waals surface area (Å²) in [5.74, 6) is 0.0549. The molecular weight excluding hydrogens is 397 g/mol. The first-order valence-corrected chi connectivity index (χ1v) is 8.80. The molecular formula is C20H17ClFN5O2. The standard InChI is InChI=1S/C20H17ClFN5O2/c1-3-18(28)24-14-6-4-5-7-15(14)25-19-13(21)11-23-20(27-19)26-16-9-8-12(22)10-17(16)29-2/h3-11H,1H2,2H3,(H,24,28)(H2,23,25,26,27). The zero-order valence-electron chi connectivity index (χ0n) is 15.4. The number of carbonyl (C=O) groups is 1. The summed E-state index contributed by atoms with van der Waals surface area (Å²) in [7, 11) is 1.43. The Bertz CT molecular complexity index is 1060. The SMILES string of the molecule is C=CC(=O)Nc1ccccc1Nc1nc(Nc2ccc(F)cc2OC)ncc1Cl. The number of hydrogen-bond acceptors (Lipinski definition) is 6. The predicted octanol–water partition coefficient (Wildman–Crippen LogP) is 4.89. The van der Waals surface area contributed by atoms with E-state index < -0.39 is 5.82 Å². The molecule has 3 aromatic rings. The normalized spacial score (nSPS) is 10.2. The Kier molecular flexibility index (Phi) is 6.25. The van der Waals surface area contributed by atoms with Crippen LogP contribution in [0.1, 0.15) is 0 Å². The number of halogens is 2. The lowest BCUT2D eigenvalue weighted by Crippen LogP contribution is -2.09. The number of methoxy groups -OCH3 is 1. The third-order valence-electron chi connectivity index (χ3n) is 3.78. The van der Waals surface area contributed by atoms with E-state index in [1.807, 2.05) is 0 Å². The molecule has 0 radical (unpaired) electrons. The summed E-state index contributed by atoms with van der Waals surface area (Å²) in [4.78, 5) is 20.1. The van der Waals surface area contributed by atoms with E-state index in [1.54, 1.807) is 24.3 Å². The molecule has 1 aromatic heterocycles. The number of amides is 1. The first-order valence-electron chi connectivity index (χ1n) is 8.42. The van der Waals surface area contributed by atoms with Gasteiger partial charge in [-0.25, -0.2) is 9.37 Å². The van der Waals surface area contributed by atoms with Crippen LogP contribution in [0.25, 0.3) is 0 Å². The van der Waals surface area contributed by atoms with Crippen molar-refractivity contribution in [3.05, 3.63) is 72.2 Å². The van der Waals surface area contributed by atoms with Crippen molar-refractivity contribution >= 4 is 46.3 Å². The molecule has 0 fully saturated rings. The van der Waals surface area contributed by atoms with E-state index in [0.29, 0.717) is 28.6 Å². The first kappa shape index (κ1) is 20.1. The number of para-hydroxylation sites is 2. The number of rotatable bonds is 7. The molecule has 0 aliphatic heterocycles. The van der Waals surface area contributed by atoms with E-state index in [-0.39, 0.29) is 16.9 Å². The van der Waals surface area contributed by atoms with Gasteiger partial charge in [0.2, 0.25) is 11.9 Å². The summed E-state index contributed by atoms with van der Waals surface area (Å²) in [5.41, 5.74) is 1.59. The number of benzene rings is 2. The van der Waals surface area contributed by atoms with E-state index in [1.165, 1.54) is 37.6 Å². The molecule has 7 nitrogen and oxygen atoms in total. The zero-order chi connectivity index (χ0) is 20.8. The fourth-order valence-corrected chi connectivity index (χ4v) is 2.55. The number of anilines is 5. The van der Waals surface area contributed by atoms with Crippen molar-refractivity contribution in [2.45, 2.75) is 0 Å². The lowest BCUT2D eigenvalue weighted by Gasteiger charge is -2.14. The molecule has 0 aliphatic rings. The van der Waals surface area contributed by atoms with Gasteiger partial charge < -0.3 is 20.7 Å². The van der Waals surface area contributed by atoms with Crippen LogP contribution >= 0.6 is 11.6 Å². The van der Waals surface area contributed by atoms with Crippen molar-refractivity contribution in [1.29, 1.82) is 0 Å². The van der Waals surface area contributed by atoms with Gasteiger partial charge in [0.15, 0.2) is 5.82 Å². The Morgan fingerprint density at radius 1 is 1.17 bits per heavy atom. The second-order valence-electron chi connectivity index (χ2n) is 5.72. The molecule has 1 heterocycles. The summed E-state index contributed by atoms with van der Waals surface area (Å²) in [6.07, 6.45) is 2.59. The third-order valence-corrected chi connectivity index (χ3v) is 4.05. The van der Waals surface area contributed by atoms with Crippen molar-refractivity contribution in [2.24, 2.45) is 0 Å². The van der Waals surface area contributed by atoms with Crippen LogP contribution in [0.5, 0.6) is 5.75 Å². The zero-order valence-corrected chi connectivity index (χ0v) is 16.1. The van der Waals surface area contributed by atoms with Gasteiger partial charge in [-0.05, 0) is 30.3 Å². The molecule has 0 saturated heterocycles. The molecule has 29 heavy (non-hydrogen) atoms. The summed E-state index contributed by atoms with van der Waals surface area (Å²) < 4.78 is 18.5. The average Bonchev–Trinajstić information content (AvgIpc) is 2.73. The van der Waals surface area contributed by atoms with Crippen LogP contribution in [0.4, 0.5) is 33.2 Å². The van der Waals surface area contributed by atoms with Gasteiger partial charge in [0.05, 0.1) is 30.4 Å². The van der Waals surface area contributed by atoms with Crippen molar-refractivity contribution in [2.75, 3.05) is 23.1 Å². The smallest absolute Gasteiger partial charge is 0.247 e. The minimum absolute atomic E-state index is 0.217. The monoisotopic (exact) mass is 413 g/mol. The molecule has 0 saturated carbocycles. The molecule has 0 unspecified atom stereocenters. The predicted molar refractivity (Wildman–Crippen MR) is 112 cm³/mol. The Labute approximate surface area is 171 Å². The van der Waals surface area contributed by atoms with E-state index >= 15 is 0 Å². The Hall–Kier alpha value is -3.65. The largest absolute Gasteiger partial charge is 0.494 e. The van der Waals surface area contributed by atoms with Gasteiger partial charge in [0.1, 0.15) is 16.6 Å². The first-order chi connectivity index (χ1) is 14.0. The number of hydrogen-bond donors (Lipinski definition) is 3. The van der Waals surface area contributed by atoms with E-state index in [4.69, 9.17) is 16.3 Å². The lowest BCUT2D eigenvalue weighted by molar-refractivity contribution is -0.111. The highest BCUT2D eigenvalue weighted by Gasteiger charge is 2.11. The highest BCUT2D eigenvalue weighted by molar-refractivity contribution is 6.33. The summed E-state index contributed by atoms with van der Waals surface area (Å²) in [5, 5.41) is 9.01. The van der Waals surface area contributed by atoms with Gasteiger partial charge in [0.25, 0.3) is 0 Å². The number of ether oxygens (including phenoxy) is 1. The number of nitrogens with one attached hydrogen (secondary N) is 3. The van der Waals surface area contributed by atoms with Gasteiger partial charge >= 0.3 is 0 Å². The van der Waals surface area contributed by atoms with E-state index in [2.05, 4.69) is 32.5 Å². The number of carbonyl (C=O) groups excluding carboxylic acids is 1. The maximum Gasteiger partial charge on any atom is 0.247 e. The van der Waals surface area contributed by atoms with Crippen LogP contribution in [0.3, 0.4) is 0 Å². The van der Waals surface area contributed by atoms with Crippen molar-refractivity contribution < 1.29 is 13.9 Å². The molecule has 0 aliphatic carbocycles. The molecule has 2 aromatic carbocycles. The van der Waals surface area contributed by atoms with E-state index in [0.717, 1.165) is 0 Å². The highest BCUT2D eigenvalue weighted by Crippen LogP contribution is 2.31. The quantitative estimate of drug-likeness (QED) is 0.478. The van der Waals surface area contributed by atoms with Crippen LogP contribution in [-0.4, -0.2) is 23.0 Å². The fraction of sp³-hybridized carbons (Fsp3) is 0.0500. The van der Waals surface area contributed by atoms with Crippen LogP contribution in [0.2, 0.25) is 5.02 Å². The Balaban J connectivity index is 1.87. The van der Waals surface area contributed by atoms with Gasteiger partial charge in [-0.3, -0.25) is 4.79 Å². The third kappa shape index (κ3) is 4.99. The minimum Gasteiger partial charge on any atom is -0.494 e. The maximum absolute atomic E-state index is 13.4. The minimum atomic E-state index is -0.426. The van der Waals surface area contributed by atoms with Crippen LogP contribution < -0.4 is 20.7 Å². The van der Waals surface area contributed by atoms with Crippen molar-refractivity contribution in [3.8, 4) is 5.75 Å². The second-order valence-corrected chi connectivity index (χ2v) is 6.13. The molecule has 0 atom stereocenters. The summed E-state index contributed by atoms with van der Waals surface area (Å²) in [6.45, 7) is 3.44. The molecule has 148 valence electrons. The Morgan fingerprint density at radius 3 is 2.66 bits per heavy atom. The van der Waals surface area contributed by atoms with Crippen molar-refractivity contribution in [1.82, 2.24) is 9.97 Å². The Morgan fingerprint density at radius 2 is 1.93 bits per heavy atom.